The molecule has 0 fully saturated rings. The van der Waals surface area contributed by atoms with E-state index in [0.29, 0.717) is 26.4 Å². The zero-order valence-corrected chi connectivity index (χ0v) is 11.6. The number of ether oxygens (including phenoxy) is 4. The maximum absolute atomic E-state index is 5.56. The summed E-state index contributed by atoms with van der Waals surface area (Å²) in [5, 5.41) is 0. The Bertz CT molecular complexity index is 142. The monoisotopic (exact) mass is 253 g/mol. The van der Waals surface area contributed by atoms with Crippen molar-refractivity contribution in [2.45, 2.75) is 38.1 Å². The zero-order valence-electron chi connectivity index (χ0n) is 10.0. The van der Waals surface area contributed by atoms with Gasteiger partial charge < -0.3 is 0 Å². The average molecular weight is 253 g/mol. The van der Waals surface area contributed by atoms with Crippen molar-refractivity contribution in [3.8, 4) is 0 Å². The number of hydrogen-bond acceptors (Lipinski definition) is 4. The SMILES string of the molecule is CCOC(OCC)[C]([Ti])(OCC)OCC. The third kappa shape index (κ3) is 5.43. The molecule has 0 amide bonds. The van der Waals surface area contributed by atoms with Gasteiger partial charge in [0.05, 0.1) is 0 Å². The molecule has 0 spiro atoms. The number of hydrogen-bond donors (Lipinski definition) is 0. The van der Waals surface area contributed by atoms with Gasteiger partial charge in [-0.05, 0) is 0 Å². The van der Waals surface area contributed by atoms with Gasteiger partial charge in [0.15, 0.2) is 0 Å². The van der Waals surface area contributed by atoms with E-state index >= 15 is 0 Å². The fourth-order valence-corrected chi connectivity index (χ4v) is 1.89. The Hall–Kier alpha value is 0.554. The third-order valence-corrected chi connectivity index (χ3v) is 2.48. The van der Waals surface area contributed by atoms with Crippen molar-refractivity contribution < 1.29 is 39.4 Å². The van der Waals surface area contributed by atoms with Crippen LogP contribution in [0.4, 0.5) is 0 Å². The van der Waals surface area contributed by atoms with Crippen LogP contribution in [0.15, 0.2) is 0 Å². The summed E-state index contributed by atoms with van der Waals surface area (Å²) >= 11 is 1.84. The maximum atomic E-state index is 5.56. The van der Waals surface area contributed by atoms with E-state index in [2.05, 4.69) is 0 Å². The van der Waals surface area contributed by atoms with E-state index in [-0.39, 0.29) is 0 Å². The molecule has 0 heterocycles. The first-order chi connectivity index (χ1) is 7.14. The van der Waals surface area contributed by atoms with Gasteiger partial charge >= 0.3 is 104 Å². The van der Waals surface area contributed by atoms with Crippen LogP contribution in [0, 0.1) is 0 Å². The van der Waals surface area contributed by atoms with Crippen LogP contribution in [-0.4, -0.2) is 36.8 Å². The van der Waals surface area contributed by atoms with Crippen molar-refractivity contribution in [2.24, 2.45) is 0 Å². The van der Waals surface area contributed by atoms with Gasteiger partial charge in [-0.3, -0.25) is 0 Å². The first-order valence-corrected chi connectivity index (χ1v) is 6.18. The van der Waals surface area contributed by atoms with Crippen LogP contribution < -0.4 is 0 Å². The van der Waals surface area contributed by atoms with E-state index in [1.54, 1.807) is 0 Å². The minimum absolute atomic E-state index is 0.479. The van der Waals surface area contributed by atoms with Crippen LogP contribution in [0.2, 0.25) is 0 Å². The summed E-state index contributed by atoms with van der Waals surface area (Å²) in [6.07, 6.45) is -0.479. The van der Waals surface area contributed by atoms with Gasteiger partial charge in [-0.15, -0.1) is 0 Å². The fraction of sp³-hybridized carbons (Fsp3) is 1.00. The first kappa shape index (κ1) is 15.6. The van der Waals surface area contributed by atoms with Gasteiger partial charge in [-0.1, -0.05) is 0 Å². The Morgan fingerprint density at radius 2 is 1.27 bits per heavy atom. The minimum atomic E-state index is -0.824. The summed E-state index contributed by atoms with van der Waals surface area (Å²) in [7, 11) is 0. The van der Waals surface area contributed by atoms with Gasteiger partial charge in [-0.2, -0.15) is 0 Å². The molecule has 0 aromatic carbocycles. The average Bonchev–Trinajstić information content (AvgIpc) is 2.18. The molecule has 4 nitrogen and oxygen atoms in total. The molecule has 0 aliphatic rings. The van der Waals surface area contributed by atoms with Gasteiger partial charge in [-0.25, -0.2) is 0 Å². The zero-order chi connectivity index (χ0) is 11.7. The first-order valence-electron chi connectivity index (χ1n) is 5.40. The van der Waals surface area contributed by atoms with E-state index < -0.39 is 10.4 Å². The molecule has 0 aliphatic heterocycles. The van der Waals surface area contributed by atoms with E-state index in [1.807, 2.05) is 48.1 Å². The fourth-order valence-electron chi connectivity index (χ4n) is 1.18. The topological polar surface area (TPSA) is 36.9 Å². The van der Waals surface area contributed by atoms with Crippen LogP contribution in [0.1, 0.15) is 27.7 Å². The van der Waals surface area contributed by atoms with Crippen molar-refractivity contribution in [2.75, 3.05) is 26.4 Å². The molecule has 5 heteroatoms. The second kappa shape index (κ2) is 8.68. The summed E-state index contributed by atoms with van der Waals surface area (Å²) in [5.41, 5.74) is 0. The van der Waals surface area contributed by atoms with Crippen LogP contribution >= 0.6 is 0 Å². The molecule has 0 saturated heterocycles. The van der Waals surface area contributed by atoms with Crippen LogP contribution in [0.3, 0.4) is 0 Å². The van der Waals surface area contributed by atoms with Gasteiger partial charge in [0.2, 0.25) is 0 Å². The standard InChI is InChI=1S/C10H21O4.Ti/c1-5-11-9(12-6-2)10(13-7-3)14-8-4;/h9H,5-8H2,1-4H3;. The number of rotatable bonds is 9. The van der Waals surface area contributed by atoms with Crippen molar-refractivity contribution in [3.05, 3.63) is 0 Å². The van der Waals surface area contributed by atoms with Crippen molar-refractivity contribution >= 4 is 0 Å². The van der Waals surface area contributed by atoms with Crippen LogP contribution in [-0.2, 0) is 39.4 Å². The summed E-state index contributed by atoms with van der Waals surface area (Å²) in [6, 6.07) is 0. The summed E-state index contributed by atoms with van der Waals surface area (Å²) in [4.78, 5) is 0. The molecule has 0 bridgehead atoms. The molecule has 0 rings (SSSR count). The molecule has 0 unspecified atom stereocenters. The Labute approximate surface area is 104 Å². The second-order valence-electron chi connectivity index (χ2n) is 2.78. The molecule has 0 saturated carbocycles. The van der Waals surface area contributed by atoms with Crippen LogP contribution in [0.5, 0.6) is 0 Å². The molecule has 0 aliphatic carbocycles. The Morgan fingerprint density at radius 3 is 1.53 bits per heavy atom. The third-order valence-electron chi connectivity index (χ3n) is 1.66. The van der Waals surface area contributed by atoms with Gasteiger partial charge in [0.25, 0.3) is 0 Å². The Kier molecular flexibility index (Phi) is 9.00. The van der Waals surface area contributed by atoms with E-state index in [4.69, 9.17) is 18.9 Å². The van der Waals surface area contributed by atoms with E-state index in [0.717, 1.165) is 0 Å². The molecule has 0 aromatic rings. The molecular formula is C10H21O4Ti. The Balaban J connectivity index is 4.48. The van der Waals surface area contributed by atoms with Crippen molar-refractivity contribution in [3.63, 3.8) is 0 Å². The summed E-state index contributed by atoms with van der Waals surface area (Å²) in [5.74, 6) is 0. The van der Waals surface area contributed by atoms with Crippen molar-refractivity contribution in [1.29, 1.82) is 0 Å². The van der Waals surface area contributed by atoms with Crippen molar-refractivity contribution in [1.82, 2.24) is 0 Å². The molecular weight excluding hydrogens is 232 g/mol. The quantitative estimate of drug-likeness (QED) is 0.462. The normalized spacial score (nSPS) is 12.3. The van der Waals surface area contributed by atoms with Crippen LogP contribution in [0.25, 0.3) is 0 Å². The predicted molar refractivity (Wildman–Crippen MR) is 53.0 cm³/mol. The molecule has 0 radical (unpaired) electrons. The van der Waals surface area contributed by atoms with E-state index in [1.165, 1.54) is 0 Å². The molecule has 0 atom stereocenters. The molecule has 89 valence electrons. The van der Waals surface area contributed by atoms with Gasteiger partial charge in [0.1, 0.15) is 0 Å². The van der Waals surface area contributed by atoms with Gasteiger partial charge in [0, 0.05) is 0 Å². The van der Waals surface area contributed by atoms with E-state index in [9.17, 15) is 0 Å². The molecule has 0 aromatic heterocycles. The Morgan fingerprint density at radius 1 is 0.867 bits per heavy atom. The molecule has 0 N–H and O–H groups in total. The molecule has 15 heavy (non-hydrogen) atoms. The second-order valence-corrected chi connectivity index (χ2v) is 3.86. The summed E-state index contributed by atoms with van der Waals surface area (Å²) < 4.78 is 21.3. The predicted octanol–water partition coefficient (Wildman–Crippen LogP) is 1.66. The summed E-state index contributed by atoms with van der Waals surface area (Å²) in [6.45, 7) is 9.95.